The molecule has 4 nitrogen and oxygen atoms in total. The molecule has 0 amide bonds. The molecule has 1 aliphatic rings. The van der Waals surface area contributed by atoms with Crippen molar-refractivity contribution in [3.05, 3.63) is 65.5 Å². The van der Waals surface area contributed by atoms with E-state index in [4.69, 9.17) is 9.47 Å². The fourth-order valence-corrected chi connectivity index (χ4v) is 3.76. The third kappa shape index (κ3) is 4.14. The van der Waals surface area contributed by atoms with Crippen molar-refractivity contribution in [1.82, 2.24) is 0 Å². The Balaban J connectivity index is 1.97. The number of hydrogen-bond acceptors (Lipinski definition) is 4. The van der Waals surface area contributed by atoms with Gasteiger partial charge in [0.1, 0.15) is 5.82 Å². The number of anilines is 1. The van der Waals surface area contributed by atoms with Gasteiger partial charge in [0.2, 0.25) is 0 Å². The van der Waals surface area contributed by atoms with Gasteiger partial charge in [-0.05, 0) is 49.2 Å². The van der Waals surface area contributed by atoms with E-state index >= 15 is 0 Å². The summed E-state index contributed by atoms with van der Waals surface area (Å²) >= 11 is 0. The first-order valence-electron chi connectivity index (χ1n) is 9.20. The third-order valence-electron chi connectivity index (χ3n) is 5.24. The van der Waals surface area contributed by atoms with Crippen LogP contribution in [0.1, 0.15) is 30.9 Å². The molecule has 3 rings (SSSR count). The molecule has 0 N–H and O–H groups in total. The van der Waals surface area contributed by atoms with Crippen LogP contribution in [0.2, 0.25) is 0 Å². The summed E-state index contributed by atoms with van der Waals surface area (Å²) in [5.74, 6) is -0.839. The number of rotatable bonds is 5. The van der Waals surface area contributed by atoms with E-state index in [0.717, 1.165) is 43.1 Å². The molecule has 1 atom stereocenters. The lowest BCUT2D eigenvalue weighted by atomic mass is 9.71. The molecule has 2 aromatic carbocycles. The van der Waals surface area contributed by atoms with Crippen LogP contribution in [0.4, 0.5) is 10.1 Å². The molecule has 144 valence electrons. The molecule has 0 radical (unpaired) electrons. The monoisotopic (exact) mass is 371 g/mol. The van der Waals surface area contributed by atoms with E-state index in [1.807, 2.05) is 26.0 Å². The van der Waals surface area contributed by atoms with Crippen LogP contribution in [0.3, 0.4) is 0 Å². The summed E-state index contributed by atoms with van der Waals surface area (Å²) in [6.45, 7) is 6.93. The zero-order valence-electron chi connectivity index (χ0n) is 16.1. The number of halogens is 1. The van der Waals surface area contributed by atoms with Gasteiger partial charge in [0, 0.05) is 24.7 Å². The van der Waals surface area contributed by atoms with Gasteiger partial charge in [-0.25, -0.2) is 4.39 Å². The number of carbonyl (C=O) groups is 1. The topological polar surface area (TPSA) is 38.8 Å². The smallest absolute Gasteiger partial charge is 0.312 e. The number of hydrogen-bond donors (Lipinski definition) is 0. The van der Waals surface area contributed by atoms with E-state index in [0.29, 0.717) is 0 Å². The number of ether oxygens (including phenoxy) is 2. The summed E-state index contributed by atoms with van der Waals surface area (Å²) in [5, 5.41) is 0. The second-order valence-electron chi connectivity index (χ2n) is 7.39. The second kappa shape index (κ2) is 8.09. The van der Waals surface area contributed by atoms with Crippen LogP contribution in [0, 0.1) is 11.2 Å². The van der Waals surface area contributed by atoms with E-state index in [2.05, 4.69) is 17.0 Å². The predicted octanol–water partition coefficient (Wildman–Crippen LogP) is 3.99. The number of morpholine rings is 1. The van der Waals surface area contributed by atoms with Gasteiger partial charge in [-0.15, -0.1) is 0 Å². The number of carbonyl (C=O) groups excluding carboxylic acids is 1. The average Bonchev–Trinajstić information content (AvgIpc) is 2.70. The highest BCUT2D eigenvalue weighted by Gasteiger charge is 2.40. The van der Waals surface area contributed by atoms with Gasteiger partial charge >= 0.3 is 5.97 Å². The SMILES string of the molecule is COC(=O)C(C)(C)C(c1ccc(F)cc1)c1ccc(N2CCOCC2)cc1. The summed E-state index contributed by atoms with van der Waals surface area (Å²) in [6.07, 6.45) is 0. The van der Waals surface area contributed by atoms with E-state index in [1.165, 1.54) is 19.2 Å². The van der Waals surface area contributed by atoms with E-state index < -0.39 is 5.41 Å². The Morgan fingerprint density at radius 3 is 2.07 bits per heavy atom. The van der Waals surface area contributed by atoms with Crippen LogP contribution >= 0.6 is 0 Å². The van der Waals surface area contributed by atoms with Gasteiger partial charge in [-0.3, -0.25) is 4.79 Å². The van der Waals surface area contributed by atoms with Crippen LogP contribution in [0.25, 0.3) is 0 Å². The molecular weight excluding hydrogens is 345 g/mol. The van der Waals surface area contributed by atoms with Crippen LogP contribution in [-0.2, 0) is 14.3 Å². The predicted molar refractivity (Wildman–Crippen MR) is 104 cm³/mol. The summed E-state index contributed by atoms with van der Waals surface area (Å²) < 4.78 is 23.9. The van der Waals surface area contributed by atoms with Gasteiger partial charge in [0.25, 0.3) is 0 Å². The minimum Gasteiger partial charge on any atom is -0.469 e. The molecule has 1 aliphatic heterocycles. The highest BCUT2D eigenvalue weighted by molar-refractivity contribution is 5.78. The number of nitrogens with zero attached hydrogens (tertiary/aromatic N) is 1. The van der Waals surface area contributed by atoms with E-state index in [-0.39, 0.29) is 17.7 Å². The quantitative estimate of drug-likeness (QED) is 0.745. The van der Waals surface area contributed by atoms with Crippen molar-refractivity contribution in [3.8, 4) is 0 Å². The molecule has 1 fully saturated rings. The van der Waals surface area contributed by atoms with E-state index in [1.54, 1.807) is 12.1 Å². The lowest BCUT2D eigenvalue weighted by Crippen LogP contribution is -2.36. The Labute approximate surface area is 159 Å². The first-order chi connectivity index (χ1) is 12.9. The minimum absolute atomic E-state index is 0.246. The Hall–Kier alpha value is -2.40. The summed E-state index contributed by atoms with van der Waals surface area (Å²) in [4.78, 5) is 14.8. The van der Waals surface area contributed by atoms with E-state index in [9.17, 15) is 9.18 Å². The minimum atomic E-state index is -0.799. The van der Waals surface area contributed by atoms with Crippen molar-refractivity contribution in [1.29, 1.82) is 0 Å². The maximum atomic E-state index is 13.4. The molecule has 1 unspecified atom stereocenters. The zero-order chi connectivity index (χ0) is 19.4. The molecule has 0 saturated carbocycles. The maximum Gasteiger partial charge on any atom is 0.312 e. The number of benzene rings is 2. The molecule has 1 heterocycles. The molecule has 2 aromatic rings. The molecule has 0 aromatic heterocycles. The van der Waals surface area contributed by atoms with Crippen molar-refractivity contribution < 1.29 is 18.7 Å². The largest absolute Gasteiger partial charge is 0.469 e. The Morgan fingerprint density at radius 1 is 1.04 bits per heavy atom. The molecule has 5 heteroatoms. The molecular formula is C22H26FNO3. The van der Waals surface area contributed by atoms with Gasteiger partial charge in [-0.2, -0.15) is 0 Å². The lowest BCUT2D eigenvalue weighted by Gasteiger charge is -2.33. The molecule has 27 heavy (non-hydrogen) atoms. The normalized spacial score (nSPS) is 16.1. The summed E-state index contributed by atoms with van der Waals surface area (Å²) in [6, 6.07) is 14.6. The van der Waals surface area contributed by atoms with Gasteiger partial charge in [0.05, 0.1) is 25.7 Å². The van der Waals surface area contributed by atoms with Crippen LogP contribution < -0.4 is 4.90 Å². The second-order valence-corrected chi connectivity index (χ2v) is 7.39. The lowest BCUT2D eigenvalue weighted by molar-refractivity contribution is -0.151. The molecule has 0 bridgehead atoms. The Kier molecular flexibility index (Phi) is 5.80. The first kappa shape index (κ1) is 19.4. The Morgan fingerprint density at radius 2 is 1.56 bits per heavy atom. The third-order valence-corrected chi connectivity index (χ3v) is 5.24. The molecule has 0 spiro atoms. The van der Waals surface area contributed by atoms with Crippen LogP contribution in [-0.4, -0.2) is 39.4 Å². The average molecular weight is 371 g/mol. The molecule has 0 aliphatic carbocycles. The van der Waals surface area contributed by atoms with Crippen LogP contribution in [0.5, 0.6) is 0 Å². The van der Waals surface area contributed by atoms with Crippen LogP contribution in [0.15, 0.2) is 48.5 Å². The van der Waals surface area contributed by atoms with Gasteiger partial charge < -0.3 is 14.4 Å². The highest BCUT2D eigenvalue weighted by Crippen LogP contribution is 2.42. The zero-order valence-corrected chi connectivity index (χ0v) is 16.1. The van der Waals surface area contributed by atoms with Crippen molar-refractivity contribution in [2.24, 2.45) is 5.41 Å². The standard InChI is InChI=1S/C22H26FNO3/c1-22(2,21(25)26-3)20(16-4-8-18(23)9-5-16)17-6-10-19(11-7-17)24-12-14-27-15-13-24/h4-11,20H,12-15H2,1-3H3. The van der Waals surface area contributed by atoms with Crippen molar-refractivity contribution in [2.75, 3.05) is 38.3 Å². The first-order valence-corrected chi connectivity index (χ1v) is 9.20. The Bertz CT molecular complexity index is 765. The highest BCUT2D eigenvalue weighted by atomic mass is 19.1. The maximum absolute atomic E-state index is 13.4. The number of methoxy groups -OCH3 is 1. The van der Waals surface area contributed by atoms with Crippen molar-refractivity contribution in [3.63, 3.8) is 0 Å². The fourth-order valence-electron chi connectivity index (χ4n) is 3.76. The van der Waals surface area contributed by atoms with Gasteiger partial charge in [-0.1, -0.05) is 24.3 Å². The fraction of sp³-hybridized carbons (Fsp3) is 0.409. The van der Waals surface area contributed by atoms with Gasteiger partial charge in [0.15, 0.2) is 0 Å². The van der Waals surface area contributed by atoms with Crippen molar-refractivity contribution in [2.45, 2.75) is 19.8 Å². The summed E-state index contributed by atoms with van der Waals surface area (Å²) in [7, 11) is 1.40. The molecule has 1 saturated heterocycles. The number of esters is 1. The summed E-state index contributed by atoms with van der Waals surface area (Å²) in [5.41, 5.74) is 2.21. The van der Waals surface area contributed by atoms with Crippen molar-refractivity contribution >= 4 is 11.7 Å².